The minimum Gasteiger partial charge on any atom is -0.507 e. The highest BCUT2D eigenvalue weighted by atomic mass is 16.3. The lowest BCUT2D eigenvalue weighted by Gasteiger charge is -2.18. The van der Waals surface area contributed by atoms with E-state index in [4.69, 9.17) is 0 Å². The summed E-state index contributed by atoms with van der Waals surface area (Å²) in [6.07, 6.45) is 0. The maximum Gasteiger partial charge on any atom is 0.271 e. The number of aromatic hydroxyl groups is 2. The molecule has 1 aliphatic rings. The van der Waals surface area contributed by atoms with Gasteiger partial charge in [-0.2, -0.15) is 0 Å². The van der Waals surface area contributed by atoms with Crippen molar-refractivity contribution in [1.29, 1.82) is 0 Å². The summed E-state index contributed by atoms with van der Waals surface area (Å²) < 4.78 is 0. The summed E-state index contributed by atoms with van der Waals surface area (Å²) in [5.74, 6) is -5.14. The topological polar surface area (TPSA) is 115 Å². The van der Waals surface area contributed by atoms with E-state index in [1.54, 1.807) is 30.3 Å². The predicted octanol–water partition coefficient (Wildman–Crippen LogP) is 2.95. The van der Waals surface area contributed by atoms with Crippen LogP contribution in [-0.2, 0) is 4.79 Å². The van der Waals surface area contributed by atoms with Gasteiger partial charge in [0.25, 0.3) is 5.78 Å². The van der Waals surface area contributed by atoms with Crippen molar-refractivity contribution in [3.8, 4) is 11.5 Å². The molecule has 0 amide bonds. The molecule has 0 atom stereocenters. The molecule has 4 rings (SSSR count). The standard InChI is InChI=1S/C18H10O6/c19-13-9-4-2-1-3-7(9)5-8-6-10-12(15(21)11(8)13)16(22)18(24)17(23)14(10)20/h1-6,19-21,23H. The number of hydrogen-bond donors (Lipinski definition) is 4. The fourth-order valence-electron chi connectivity index (χ4n) is 3.07. The van der Waals surface area contributed by atoms with Crippen molar-refractivity contribution in [2.75, 3.05) is 0 Å². The van der Waals surface area contributed by atoms with E-state index in [0.29, 0.717) is 16.2 Å². The second-order valence-corrected chi connectivity index (χ2v) is 5.55. The van der Waals surface area contributed by atoms with Crippen molar-refractivity contribution < 1.29 is 30.0 Å². The number of ketones is 2. The molecule has 0 radical (unpaired) electrons. The zero-order valence-corrected chi connectivity index (χ0v) is 12.1. The summed E-state index contributed by atoms with van der Waals surface area (Å²) >= 11 is 0. The van der Waals surface area contributed by atoms with Crippen LogP contribution in [0.2, 0.25) is 0 Å². The SMILES string of the molecule is O=C1C(=O)c2c(cc3cc4ccccc4c(O)c3c2O)C(O)=C1O. The van der Waals surface area contributed by atoms with E-state index in [2.05, 4.69) is 0 Å². The van der Waals surface area contributed by atoms with Crippen molar-refractivity contribution >= 4 is 38.9 Å². The van der Waals surface area contributed by atoms with Gasteiger partial charge in [0.15, 0.2) is 5.76 Å². The highest BCUT2D eigenvalue weighted by Crippen LogP contribution is 2.44. The number of aliphatic hydroxyl groups excluding tert-OH is 2. The number of Topliss-reactive ketones (excluding diaryl/α,β-unsaturated/α-hetero) is 2. The molecule has 0 heterocycles. The summed E-state index contributed by atoms with van der Waals surface area (Å²) in [5.41, 5.74) is -0.592. The van der Waals surface area contributed by atoms with Gasteiger partial charge < -0.3 is 20.4 Å². The summed E-state index contributed by atoms with van der Waals surface area (Å²) in [7, 11) is 0. The molecule has 0 spiro atoms. The Kier molecular flexibility index (Phi) is 2.63. The molecule has 1 aliphatic carbocycles. The monoisotopic (exact) mass is 322 g/mol. The average Bonchev–Trinajstić information content (AvgIpc) is 2.57. The van der Waals surface area contributed by atoms with Crippen LogP contribution in [0, 0.1) is 0 Å². The first kappa shape index (κ1) is 14.1. The van der Waals surface area contributed by atoms with E-state index in [1.165, 1.54) is 6.07 Å². The summed E-state index contributed by atoms with van der Waals surface area (Å²) in [6, 6.07) is 9.90. The summed E-state index contributed by atoms with van der Waals surface area (Å²) in [4.78, 5) is 23.8. The molecular formula is C18H10O6. The highest BCUT2D eigenvalue weighted by Gasteiger charge is 2.36. The predicted molar refractivity (Wildman–Crippen MR) is 86.3 cm³/mol. The molecule has 4 N–H and O–H groups in total. The van der Waals surface area contributed by atoms with Crippen LogP contribution in [0.4, 0.5) is 0 Å². The van der Waals surface area contributed by atoms with Gasteiger partial charge in [0, 0.05) is 10.9 Å². The third-order valence-corrected chi connectivity index (χ3v) is 4.22. The molecule has 6 nitrogen and oxygen atoms in total. The van der Waals surface area contributed by atoms with E-state index in [9.17, 15) is 30.0 Å². The van der Waals surface area contributed by atoms with Crippen molar-refractivity contribution in [1.82, 2.24) is 0 Å². The Morgan fingerprint density at radius 3 is 2.17 bits per heavy atom. The van der Waals surface area contributed by atoms with Gasteiger partial charge in [0.1, 0.15) is 11.5 Å². The largest absolute Gasteiger partial charge is 0.507 e. The first-order valence-electron chi connectivity index (χ1n) is 7.03. The van der Waals surface area contributed by atoms with E-state index < -0.39 is 34.4 Å². The van der Waals surface area contributed by atoms with Gasteiger partial charge in [0.2, 0.25) is 11.5 Å². The molecule has 3 aromatic carbocycles. The molecule has 6 heteroatoms. The molecule has 0 aliphatic heterocycles. The third-order valence-electron chi connectivity index (χ3n) is 4.22. The van der Waals surface area contributed by atoms with Gasteiger partial charge in [0.05, 0.1) is 10.9 Å². The highest BCUT2D eigenvalue weighted by molar-refractivity contribution is 6.52. The van der Waals surface area contributed by atoms with Crippen LogP contribution in [0.1, 0.15) is 15.9 Å². The Bertz CT molecular complexity index is 1120. The molecule has 0 unspecified atom stereocenters. The van der Waals surface area contributed by atoms with Gasteiger partial charge in [-0.1, -0.05) is 24.3 Å². The molecule has 0 bridgehead atoms. The van der Waals surface area contributed by atoms with E-state index in [-0.39, 0.29) is 16.7 Å². The van der Waals surface area contributed by atoms with Crippen LogP contribution in [0.5, 0.6) is 11.5 Å². The lowest BCUT2D eigenvalue weighted by atomic mass is 9.88. The van der Waals surface area contributed by atoms with Gasteiger partial charge in [-0.15, -0.1) is 0 Å². The molecule has 0 aromatic heterocycles. The average molecular weight is 322 g/mol. The van der Waals surface area contributed by atoms with Crippen molar-refractivity contribution in [2.24, 2.45) is 0 Å². The van der Waals surface area contributed by atoms with Crippen LogP contribution < -0.4 is 0 Å². The number of benzene rings is 3. The van der Waals surface area contributed by atoms with Crippen molar-refractivity contribution in [3.05, 3.63) is 53.3 Å². The molecular weight excluding hydrogens is 312 g/mol. The number of carbonyl (C=O) groups is 2. The Balaban J connectivity index is 2.24. The first-order valence-corrected chi connectivity index (χ1v) is 7.03. The summed E-state index contributed by atoms with van der Waals surface area (Å²) in [5, 5.41) is 42.0. The number of hydrogen-bond acceptors (Lipinski definition) is 6. The van der Waals surface area contributed by atoms with Crippen molar-refractivity contribution in [3.63, 3.8) is 0 Å². The smallest absolute Gasteiger partial charge is 0.271 e. The quantitative estimate of drug-likeness (QED) is 0.374. The van der Waals surface area contributed by atoms with E-state index in [1.807, 2.05) is 0 Å². The normalized spacial score (nSPS) is 14.5. The molecule has 3 aromatic rings. The minimum absolute atomic E-state index is 0.00258. The second kappa shape index (κ2) is 4.48. The molecule has 0 fully saturated rings. The minimum atomic E-state index is -1.31. The lowest BCUT2D eigenvalue weighted by molar-refractivity contribution is -0.114. The van der Waals surface area contributed by atoms with Crippen LogP contribution in [0.3, 0.4) is 0 Å². The van der Waals surface area contributed by atoms with Gasteiger partial charge >= 0.3 is 0 Å². The Hall–Kier alpha value is -3.54. The number of allylic oxidation sites excluding steroid dienone is 1. The Morgan fingerprint density at radius 2 is 1.42 bits per heavy atom. The number of rotatable bonds is 0. The zero-order valence-electron chi connectivity index (χ0n) is 12.1. The lowest BCUT2D eigenvalue weighted by Crippen LogP contribution is -2.24. The van der Waals surface area contributed by atoms with Gasteiger partial charge in [-0.3, -0.25) is 9.59 Å². The summed E-state index contributed by atoms with van der Waals surface area (Å²) in [6.45, 7) is 0. The first-order chi connectivity index (χ1) is 11.4. The molecule has 118 valence electrons. The molecule has 0 saturated heterocycles. The van der Waals surface area contributed by atoms with Crippen molar-refractivity contribution in [2.45, 2.75) is 0 Å². The Labute approximate surface area is 134 Å². The number of fused-ring (bicyclic) bond motifs is 3. The zero-order chi connectivity index (χ0) is 17.2. The maximum absolute atomic E-state index is 12.1. The number of aliphatic hydroxyl groups is 2. The molecule has 24 heavy (non-hydrogen) atoms. The maximum atomic E-state index is 12.1. The number of phenolic OH excluding ortho intramolecular Hbond substituents is 2. The Morgan fingerprint density at radius 1 is 0.708 bits per heavy atom. The van der Waals surface area contributed by atoms with E-state index in [0.717, 1.165) is 0 Å². The fraction of sp³-hybridized carbons (Fsp3) is 0. The van der Waals surface area contributed by atoms with Crippen LogP contribution in [-0.4, -0.2) is 32.0 Å². The van der Waals surface area contributed by atoms with Crippen LogP contribution >= 0.6 is 0 Å². The fourth-order valence-corrected chi connectivity index (χ4v) is 3.07. The molecule has 0 saturated carbocycles. The van der Waals surface area contributed by atoms with E-state index >= 15 is 0 Å². The van der Waals surface area contributed by atoms with Crippen LogP contribution in [0.15, 0.2) is 42.2 Å². The number of carbonyl (C=O) groups excluding carboxylic acids is 2. The van der Waals surface area contributed by atoms with Gasteiger partial charge in [-0.25, -0.2) is 0 Å². The van der Waals surface area contributed by atoms with Gasteiger partial charge in [-0.05, 0) is 22.9 Å². The number of phenols is 2. The third kappa shape index (κ3) is 1.59. The van der Waals surface area contributed by atoms with Crippen LogP contribution in [0.25, 0.3) is 27.3 Å². The second-order valence-electron chi connectivity index (χ2n) is 5.55.